The van der Waals surface area contributed by atoms with Gasteiger partial charge in [-0.15, -0.1) is 0 Å². The van der Waals surface area contributed by atoms with Crippen LogP contribution < -0.4 is 0 Å². The highest BCUT2D eigenvalue weighted by Crippen LogP contribution is 2.18. The first-order valence-electron chi connectivity index (χ1n) is 7.98. The van der Waals surface area contributed by atoms with E-state index in [-0.39, 0.29) is 5.91 Å². The summed E-state index contributed by atoms with van der Waals surface area (Å²) in [5.41, 5.74) is 4.69. The molecule has 3 rings (SSSR count). The number of carbonyl (C=O) groups is 1. The summed E-state index contributed by atoms with van der Waals surface area (Å²) in [6, 6.07) is 16.4. The first kappa shape index (κ1) is 15.3. The van der Waals surface area contributed by atoms with Crippen molar-refractivity contribution < 1.29 is 4.79 Å². The average molecular weight is 306 g/mol. The van der Waals surface area contributed by atoms with Gasteiger partial charge in [-0.2, -0.15) is 0 Å². The number of hydrogen-bond donors (Lipinski definition) is 1. The topological polar surface area (TPSA) is 36.1 Å². The van der Waals surface area contributed by atoms with Gasteiger partial charge in [-0.05, 0) is 30.5 Å². The zero-order valence-corrected chi connectivity index (χ0v) is 13.7. The van der Waals surface area contributed by atoms with Gasteiger partial charge in [0.2, 0.25) is 5.91 Å². The second-order valence-corrected chi connectivity index (χ2v) is 6.09. The van der Waals surface area contributed by atoms with Crippen LogP contribution in [0.15, 0.2) is 54.7 Å². The molecular formula is C20H22N2O. The molecule has 0 aliphatic heterocycles. The average Bonchev–Trinajstić information content (AvgIpc) is 2.98. The summed E-state index contributed by atoms with van der Waals surface area (Å²) in [6.07, 6.45) is 3.37. The number of para-hydroxylation sites is 1. The Morgan fingerprint density at radius 2 is 1.83 bits per heavy atom. The van der Waals surface area contributed by atoms with Gasteiger partial charge < -0.3 is 9.88 Å². The number of rotatable bonds is 5. The molecule has 3 nitrogen and oxygen atoms in total. The van der Waals surface area contributed by atoms with Gasteiger partial charge in [-0.1, -0.05) is 48.0 Å². The summed E-state index contributed by atoms with van der Waals surface area (Å²) < 4.78 is 0. The maximum absolute atomic E-state index is 12.3. The number of likely N-dealkylation sites (N-methyl/N-ethyl adjacent to an activating group) is 1. The summed E-state index contributed by atoms with van der Waals surface area (Å²) in [5, 5.41) is 1.24. The van der Waals surface area contributed by atoms with Gasteiger partial charge in [-0.3, -0.25) is 4.79 Å². The van der Waals surface area contributed by atoms with Gasteiger partial charge in [0.25, 0.3) is 0 Å². The lowest BCUT2D eigenvalue weighted by Gasteiger charge is -2.17. The normalized spacial score (nSPS) is 10.9. The maximum atomic E-state index is 12.3. The van der Waals surface area contributed by atoms with E-state index in [0.29, 0.717) is 6.42 Å². The number of nitrogens with one attached hydrogen (secondary N) is 1. The molecule has 0 saturated heterocycles. The molecule has 0 saturated carbocycles. The van der Waals surface area contributed by atoms with Crippen LogP contribution in [0.25, 0.3) is 10.9 Å². The van der Waals surface area contributed by atoms with Crippen LogP contribution in [-0.4, -0.2) is 29.4 Å². The fraction of sp³-hybridized carbons (Fsp3) is 0.250. The fourth-order valence-electron chi connectivity index (χ4n) is 2.77. The van der Waals surface area contributed by atoms with E-state index < -0.39 is 0 Å². The van der Waals surface area contributed by atoms with Crippen molar-refractivity contribution in [1.82, 2.24) is 9.88 Å². The molecule has 0 unspecified atom stereocenters. The van der Waals surface area contributed by atoms with E-state index in [4.69, 9.17) is 0 Å². The third-order valence-corrected chi connectivity index (χ3v) is 4.29. The monoisotopic (exact) mass is 306 g/mol. The first-order chi connectivity index (χ1) is 11.1. The predicted octanol–water partition coefficient (Wildman–Crippen LogP) is 3.72. The Bertz CT molecular complexity index is 802. The number of carbonyl (C=O) groups excluding carboxylic acids is 1. The smallest absolute Gasteiger partial charge is 0.226 e. The van der Waals surface area contributed by atoms with Crippen molar-refractivity contribution in [2.75, 3.05) is 13.6 Å². The van der Waals surface area contributed by atoms with Crippen molar-refractivity contribution in [2.24, 2.45) is 0 Å². The van der Waals surface area contributed by atoms with Gasteiger partial charge in [0.15, 0.2) is 0 Å². The highest BCUT2D eigenvalue weighted by molar-refractivity contribution is 5.83. The minimum atomic E-state index is 0.161. The highest BCUT2D eigenvalue weighted by atomic mass is 16.2. The van der Waals surface area contributed by atoms with Gasteiger partial charge in [0.05, 0.1) is 6.42 Å². The van der Waals surface area contributed by atoms with Crippen LogP contribution >= 0.6 is 0 Å². The minimum absolute atomic E-state index is 0.161. The van der Waals surface area contributed by atoms with Crippen LogP contribution in [0.1, 0.15) is 16.7 Å². The standard InChI is InChI=1S/C20H22N2O/c1-15-7-9-16(10-8-15)13-20(23)22(2)12-11-17-14-21-19-6-4-3-5-18(17)19/h3-10,14,21H,11-13H2,1-2H3. The molecular weight excluding hydrogens is 284 g/mol. The van der Waals surface area contributed by atoms with Gasteiger partial charge in [0, 0.05) is 30.7 Å². The Morgan fingerprint density at radius 3 is 2.61 bits per heavy atom. The molecule has 1 heterocycles. The van der Waals surface area contributed by atoms with Crippen molar-refractivity contribution in [3.8, 4) is 0 Å². The van der Waals surface area contributed by atoms with Crippen molar-refractivity contribution in [3.05, 3.63) is 71.4 Å². The molecule has 3 heteroatoms. The van der Waals surface area contributed by atoms with E-state index in [0.717, 1.165) is 24.0 Å². The van der Waals surface area contributed by atoms with E-state index in [2.05, 4.69) is 36.2 Å². The van der Waals surface area contributed by atoms with Crippen LogP contribution in [0.4, 0.5) is 0 Å². The molecule has 0 aliphatic carbocycles. The van der Waals surface area contributed by atoms with Crippen molar-refractivity contribution in [1.29, 1.82) is 0 Å². The summed E-state index contributed by atoms with van der Waals surface area (Å²) in [5.74, 6) is 0.161. The summed E-state index contributed by atoms with van der Waals surface area (Å²) >= 11 is 0. The number of aromatic amines is 1. The molecule has 1 N–H and O–H groups in total. The molecule has 0 aliphatic rings. The third kappa shape index (κ3) is 3.62. The maximum Gasteiger partial charge on any atom is 0.226 e. The van der Waals surface area contributed by atoms with Crippen LogP contribution in [0, 0.1) is 6.92 Å². The SMILES string of the molecule is Cc1ccc(CC(=O)N(C)CCc2c[nH]c3ccccc23)cc1. The van der Waals surface area contributed by atoms with E-state index in [1.165, 1.54) is 16.5 Å². The molecule has 1 amide bonds. The first-order valence-corrected chi connectivity index (χ1v) is 7.98. The van der Waals surface area contributed by atoms with Crippen molar-refractivity contribution in [3.63, 3.8) is 0 Å². The number of fused-ring (bicyclic) bond motifs is 1. The molecule has 0 atom stereocenters. The second kappa shape index (κ2) is 6.69. The predicted molar refractivity (Wildman–Crippen MR) is 94.5 cm³/mol. The number of H-pyrrole nitrogens is 1. The molecule has 0 bridgehead atoms. The lowest BCUT2D eigenvalue weighted by Crippen LogP contribution is -2.30. The molecule has 0 fully saturated rings. The van der Waals surface area contributed by atoms with Crippen LogP contribution in [0.2, 0.25) is 0 Å². The molecule has 3 aromatic rings. The van der Waals surface area contributed by atoms with E-state index in [1.807, 2.05) is 42.4 Å². The number of aryl methyl sites for hydroxylation is 1. The zero-order valence-electron chi connectivity index (χ0n) is 13.7. The summed E-state index contributed by atoms with van der Waals surface area (Å²) in [7, 11) is 1.88. The minimum Gasteiger partial charge on any atom is -0.361 e. The molecule has 1 aromatic heterocycles. The van der Waals surface area contributed by atoms with E-state index in [9.17, 15) is 4.79 Å². The fourth-order valence-corrected chi connectivity index (χ4v) is 2.77. The number of aromatic nitrogens is 1. The third-order valence-electron chi connectivity index (χ3n) is 4.29. The van der Waals surface area contributed by atoms with Crippen molar-refractivity contribution >= 4 is 16.8 Å². The quantitative estimate of drug-likeness (QED) is 0.766. The van der Waals surface area contributed by atoms with Crippen LogP contribution in [0.5, 0.6) is 0 Å². The summed E-state index contributed by atoms with van der Waals surface area (Å²) in [6.45, 7) is 2.78. The number of nitrogens with zero attached hydrogens (tertiary/aromatic N) is 1. The Morgan fingerprint density at radius 1 is 1.09 bits per heavy atom. The lowest BCUT2D eigenvalue weighted by atomic mass is 10.1. The largest absolute Gasteiger partial charge is 0.361 e. The zero-order chi connectivity index (χ0) is 16.2. The molecule has 0 radical (unpaired) electrons. The van der Waals surface area contributed by atoms with E-state index in [1.54, 1.807) is 0 Å². The number of hydrogen-bond acceptors (Lipinski definition) is 1. The Labute approximate surface area is 136 Å². The Balaban J connectivity index is 1.59. The number of benzene rings is 2. The van der Waals surface area contributed by atoms with Crippen molar-refractivity contribution in [2.45, 2.75) is 19.8 Å². The van der Waals surface area contributed by atoms with Crippen LogP contribution in [-0.2, 0) is 17.6 Å². The van der Waals surface area contributed by atoms with Gasteiger partial charge in [-0.25, -0.2) is 0 Å². The summed E-state index contributed by atoms with van der Waals surface area (Å²) in [4.78, 5) is 17.4. The van der Waals surface area contributed by atoms with Gasteiger partial charge in [0.1, 0.15) is 0 Å². The second-order valence-electron chi connectivity index (χ2n) is 6.09. The molecule has 0 spiro atoms. The highest BCUT2D eigenvalue weighted by Gasteiger charge is 2.11. The van der Waals surface area contributed by atoms with E-state index >= 15 is 0 Å². The molecule has 2 aromatic carbocycles. The Kier molecular flexibility index (Phi) is 4.47. The molecule has 23 heavy (non-hydrogen) atoms. The molecule has 118 valence electrons. The van der Waals surface area contributed by atoms with Crippen LogP contribution in [0.3, 0.4) is 0 Å². The lowest BCUT2D eigenvalue weighted by molar-refractivity contribution is -0.129. The van der Waals surface area contributed by atoms with Gasteiger partial charge >= 0.3 is 0 Å². The Hall–Kier alpha value is -2.55. The number of amides is 1.